The highest BCUT2D eigenvalue weighted by atomic mass is 16.5. The summed E-state index contributed by atoms with van der Waals surface area (Å²) in [6, 6.07) is 9.42. The number of nitrogens with zero attached hydrogens (tertiary/aromatic N) is 2. The average Bonchev–Trinajstić information content (AvgIpc) is 2.71. The Bertz CT molecular complexity index is 965. The van der Waals surface area contributed by atoms with Crippen molar-refractivity contribution in [3.63, 3.8) is 0 Å². The molecule has 1 N–H and O–H groups in total. The summed E-state index contributed by atoms with van der Waals surface area (Å²) >= 11 is 0. The maximum absolute atomic E-state index is 11.8. The van der Waals surface area contributed by atoms with Gasteiger partial charge in [0.1, 0.15) is 5.75 Å². The fourth-order valence-electron chi connectivity index (χ4n) is 4.44. The number of aryl methyl sites for hydroxylation is 1. The van der Waals surface area contributed by atoms with Gasteiger partial charge in [0, 0.05) is 43.0 Å². The summed E-state index contributed by atoms with van der Waals surface area (Å²) in [5.74, 6) is 0.750. The number of aliphatic imine (C=N–C) groups is 1. The molecule has 148 valence electrons. The van der Waals surface area contributed by atoms with Gasteiger partial charge in [0.2, 0.25) is 5.56 Å². The molecule has 4 rings (SSSR count). The fourth-order valence-corrected chi connectivity index (χ4v) is 4.44. The normalized spacial score (nSPS) is 26.2. The van der Waals surface area contributed by atoms with E-state index in [4.69, 9.17) is 14.5 Å². The van der Waals surface area contributed by atoms with Crippen LogP contribution in [0.1, 0.15) is 42.4 Å². The van der Waals surface area contributed by atoms with Gasteiger partial charge in [-0.25, -0.2) is 0 Å². The van der Waals surface area contributed by atoms with E-state index in [0.29, 0.717) is 13.0 Å². The Balaban J connectivity index is 1.88. The number of ether oxygens (including phenoxy) is 2. The molecule has 0 spiro atoms. The van der Waals surface area contributed by atoms with Crippen LogP contribution in [-0.4, -0.2) is 47.4 Å². The molecule has 0 amide bonds. The van der Waals surface area contributed by atoms with Crippen molar-refractivity contribution in [1.29, 1.82) is 0 Å². The van der Waals surface area contributed by atoms with Gasteiger partial charge < -0.3 is 19.1 Å². The molecule has 2 aliphatic rings. The highest BCUT2D eigenvalue weighted by molar-refractivity contribution is 6.14. The number of aliphatic hydroxyl groups is 1. The second kappa shape index (κ2) is 7.53. The van der Waals surface area contributed by atoms with E-state index >= 15 is 0 Å². The molecular weight excluding hydrogens is 356 g/mol. The molecule has 1 aliphatic heterocycles. The van der Waals surface area contributed by atoms with E-state index in [9.17, 15) is 9.90 Å². The lowest BCUT2D eigenvalue weighted by atomic mass is 9.72. The lowest BCUT2D eigenvalue weighted by Gasteiger charge is -2.42. The summed E-state index contributed by atoms with van der Waals surface area (Å²) in [5.41, 5.74) is 3.78. The van der Waals surface area contributed by atoms with Crippen LogP contribution in [0.15, 0.2) is 46.3 Å². The van der Waals surface area contributed by atoms with Gasteiger partial charge in [-0.1, -0.05) is 6.07 Å². The number of hydrogen-bond acceptors (Lipinski definition) is 5. The van der Waals surface area contributed by atoms with Crippen LogP contribution in [0.3, 0.4) is 0 Å². The predicted molar refractivity (Wildman–Crippen MR) is 107 cm³/mol. The van der Waals surface area contributed by atoms with Crippen molar-refractivity contribution in [2.75, 3.05) is 13.7 Å². The van der Waals surface area contributed by atoms with E-state index in [2.05, 4.69) is 6.07 Å². The fraction of sp³-hybridized carbons (Fsp3) is 0.455. The van der Waals surface area contributed by atoms with Crippen molar-refractivity contribution in [3.05, 3.63) is 63.6 Å². The van der Waals surface area contributed by atoms with Crippen LogP contribution in [-0.2, 0) is 11.8 Å². The third-order valence-electron chi connectivity index (χ3n) is 5.79. The first-order valence-electron chi connectivity index (χ1n) is 9.76. The number of methoxy groups -OCH3 is 1. The largest absolute Gasteiger partial charge is 0.497 e. The van der Waals surface area contributed by atoms with Crippen LogP contribution in [0.25, 0.3) is 0 Å². The molecule has 6 heteroatoms. The zero-order valence-corrected chi connectivity index (χ0v) is 16.5. The molecule has 1 aromatic heterocycles. The highest BCUT2D eigenvalue weighted by Gasteiger charge is 2.44. The lowest BCUT2D eigenvalue weighted by Crippen LogP contribution is -2.46. The highest BCUT2D eigenvalue weighted by Crippen LogP contribution is 2.43. The number of hydrogen-bond donors (Lipinski definition) is 1. The van der Waals surface area contributed by atoms with E-state index in [1.807, 2.05) is 31.3 Å². The van der Waals surface area contributed by atoms with E-state index in [0.717, 1.165) is 34.6 Å². The summed E-state index contributed by atoms with van der Waals surface area (Å²) in [5, 5.41) is 10.6. The number of fused-ring (bicyclic) bond motifs is 3. The molecule has 1 unspecified atom stereocenters. The van der Waals surface area contributed by atoms with E-state index < -0.39 is 6.10 Å². The van der Waals surface area contributed by atoms with Gasteiger partial charge in [-0.2, -0.15) is 0 Å². The monoisotopic (exact) mass is 382 g/mol. The number of rotatable bonds is 4. The van der Waals surface area contributed by atoms with Crippen molar-refractivity contribution in [1.82, 2.24) is 4.57 Å². The molecule has 0 saturated heterocycles. The quantitative estimate of drug-likeness (QED) is 0.880. The first-order valence-corrected chi connectivity index (χ1v) is 9.76. The molecule has 4 atom stereocenters. The van der Waals surface area contributed by atoms with Gasteiger partial charge >= 0.3 is 0 Å². The second-order valence-corrected chi connectivity index (χ2v) is 7.46. The summed E-state index contributed by atoms with van der Waals surface area (Å²) in [6.45, 7) is 2.50. The van der Waals surface area contributed by atoms with Crippen molar-refractivity contribution < 1.29 is 14.6 Å². The predicted octanol–water partition coefficient (Wildman–Crippen LogP) is 2.26. The maximum atomic E-state index is 11.8. The van der Waals surface area contributed by atoms with Crippen LogP contribution >= 0.6 is 0 Å². The maximum Gasteiger partial charge on any atom is 0.250 e. The van der Waals surface area contributed by atoms with Gasteiger partial charge in [0.25, 0.3) is 0 Å². The zero-order chi connectivity index (χ0) is 19.8. The molecule has 1 fully saturated rings. The topological polar surface area (TPSA) is 73.0 Å². The number of aromatic nitrogens is 1. The lowest BCUT2D eigenvalue weighted by molar-refractivity contribution is -0.0714. The van der Waals surface area contributed by atoms with Crippen LogP contribution < -0.4 is 10.3 Å². The smallest absolute Gasteiger partial charge is 0.250 e. The molecule has 0 bridgehead atoms. The van der Waals surface area contributed by atoms with Crippen molar-refractivity contribution in [2.45, 2.75) is 43.9 Å². The van der Waals surface area contributed by atoms with Gasteiger partial charge in [0.15, 0.2) is 0 Å². The molecule has 1 saturated carbocycles. The number of benzene rings is 1. The van der Waals surface area contributed by atoms with Gasteiger partial charge in [-0.3, -0.25) is 9.79 Å². The second-order valence-electron chi connectivity index (χ2n) is 7.46. The van der Waals surface area contributed by atoms with Gasteiger partial charge in [0.05, 0.1) is 31.1 Å². The zero-order valence-electron chi connectivity index (χ0n) is 16.5. The number of aliphatic hydroxyl groups excluding tert-OH is 1. The summed E-state index contributed by atoms with van der Waals surface area (Å²) < 4.78 is 13.0. The minimum atomic E-state index is -0.495. The van der Waals surface area contributed by atoms with Crippen LogP contribution in [0, 0.1) is 0 Å². The van der Waals surface area contributed by atoms with E-state index in [1.165, 1.54) is 0 Å². The average molecular weight is 382 g/mol. The summed E-state index contributed by atoms with van der Waals surface area (Å²) in [7, 11) is 3.39. The molecular formula is C22H26N2O4. The Hall–Kier alpha value is -2.44. The summed E-state index contributed by atoms with van der Waals surface area (Å²) in [6.07, 6.45) is 2.52. The first kappa shape index (κ1) is 18.9. The third-order valence-corrected chi connectivity index (χ3v) is 5.79. The van der Waals surface area contributed by atoms with Gasteiger partial charge in [-0.05, 0) is 43.5 Å². The first-order chi connectivity index (χ1) is 13.5. The SMILES string of the molecule is CCOC1[C@H](O)CC[C@H]2N=C(c3ccc(=O)n(C)c3)c3cc(OC)ccc3[C@@H]12. The Morgan fingerprint density at radius 2 is 2.07 bits per heavy atom. The molecule has 1 aliphatic carbocycles. The van der Waals surface area contributed by atoms with Crippen molar-refractivity contribution in [3.8, 4) is 5.75 Å². The number of pyridine rings is 1. The Morgan fingerprint density at radius 3 is 2.79 bits per heavy atom. The Labute approximate surface area is 164 Å². The minimum absolute atomic E-state index is 0.000822. The molecule has 2 aromatic rings. The molecule has 2 heterocycles. The van der Waals surface area contributed by atoms with Crippen LogP contribution in [0.5, 0.6) is 5.75 Å². The molecule has 6 nitrogen and oxygen atoms in total. The van der Waals surface area contributed by atoms with Gasteiger partial charge in [-0.15, -0.1) is 0 Å². The van der Waals surface area contributed by atoms with Crippen LogP contribution in [0.4, 0.5) is 0 Å². The Morgan fingerprint density at radius 1 is 1.25 bits per heavy atom. The van der Waals surface area contributed by atoms with Crippen molar-refractivity contribution >= 4 is 5.71 Å². The summed E-state index contributed by atoms with van der Waals surface area (Å²) in [4.78, 5) is 16.9. The third kappa shape index (κ3) is 3.16. The van der Waals surface area contributed by atoms with E-state index in [-0.39, 0.29) is 23.6 Å². The van der Waals surface area contributed by atoms with Crippen molar-refractivity contribution in [2.24, 2.45) is 12.0 Å². The standard InChI is InChI=1S/C22H26N2O4/c1-4-28-22-18(25)9-8-17-20(22)15-7-6-14(27-3)11-16(15)21(23-17)13-5-10-19(26)24(2)12-13/h5-7,10-12,17-18,20,22,25H,4,8-9H2,1-3H3/t17-,18-,20-,22?/m1/s1. The van der Waals surface area contributed by atoms with Crippen LogP contribution in [0.2, 0.25) is 0 Å². The molecule has 28 heavy (non-hydrogen) atoms. The molecule has 1 aromatic carbocycles. The minimum Gasteiger partial charge on any atom is -0.497 e. The Kier molecular flexibility index (Phi) is 5.08. The van der Waals surface area contributed by atoms with E-state index in [1.54, 1.807) is 24.8 Å². The molecule has 0 radical (unpaired) electrons.